The van der Waals surface area contributed by atoms with E-state index in [1.54, 1.807) is 0 Å². The molecule has 1 aliphatic heterocycles. The van der Waals surface area contributed by atoms with Crippen molar-refractivity contribution >= 4 is 16.7 Å². The molecule has 0 N–H and O–H groups in total. The Kier molecular flexibility index (Phi) is 2.68. The van der Waals surface area contributed by atoms with Crippen LogP contribution >= 0.6 is 0 Å². The molecule has 2 nitrogen and oxygen atoms in total. The zero-order chi connectivity index (χ0) is 17.3. The zero-order valence-electron chi connectivity index (χ0n) is 14.1. The second kappa shape index (κ2) is 4.95. The molecule has 3 aromatic rings. The maximum atomic E-state index is 12.9. The summed E-state index contributed by atoms with van der Waals surface area (Å²) in [6, 6.07) is 20.9. The van der Waals surface area contributed by atoms with Gasteiger partial charge in [-0.1, -0.05) is 66.7 Å². The largest absolute Gasteiger partial charge is 0.425 e. The van der Waals surface area contributed by atoms with Gasteiger partial charge >= 0.3 is 5.97 Å². The maximum absolute atomic E-state index is 12.9. The topological polar surface area (TPSA) is 26.3 Å². The standard InChI is InChI=1S/C24H16O2/c25-24-23-17-10-5-9-16(17)20(14-6-2-1-3-7-14)18-13-12-15-8-4-11-19(26-24)21(15)22(18)23/h1-4,6-13,20,23H,5H2. The molecule has 6 rings (SSSR count). The lowest BCUT2D eigenvalue weighted by molar-refractivity contribution is -0.135. The van der Waals surface area contributed by atoms with Crippen molar-refractivity contribution in [2.24, 2.45) is 0 Å². The number of carbonyl (C=O) groups excluding carboxylic acids is 1. The Morgan fingerprint density at radius 1 is 0.808 bits per heavy atom. The quantitative estimate of drug-likeness (QED) is 0.448. The first kappa shape index (κ1) is 14.1. The van der Waals surface area contributed by atoms with Gasteiger partial charge in [-0.25, -0.2) is 0 Å². The van der Waals surface area contributed by atoms with Crippen LogP contribution in [0.15, 0.2) is 84.0 Å². The highest BCUT2D eigenvalue weighted by atomic mass is 16.5. The summed E-state index contributed by atoms with van der Waals surface area (Å²) >= 11 is 0. The zero-order valence-corrected chi connectivity index (χ0v) is 14.1. The molecule has 0 saturated heterocycles. The average Bonchev–Trinajstić information content (AvgIpc) is 3.15. The Morgan fingerprint density at radius 3 is 2.46 bits per heavy atom. The molecule has 2 heteroatoms. The fourth-order valence-electron chi connectivity index (χ4n) is 4.89. The van der Waals surface area contributed by atoms with Gasteiger partial charge < -0.3 is 4.74 Å². The van der Waals surface area contributed by atoms with Crippen molar-refractivity contribution in [3.63, 3.8) is 0 Å². The molecule has 0 aromatic heterocycles. The van der Waals surface area contributed by atoms with Crippen molar-refractivity contribution in [3.8, 4) is 5.75 Å². The average molecular weight is 336 g/mol. The third-order valence-electron chi connectivity index (χ3n) is 5.89. The molecule has 2 unspecified atom stereocenters. The van der Waals surface area contributed by atoms with E-state index in [2.05, 4.69) is 60.7 Å². The van der Waals surface area contributed by atoms with Gasteiger partial charge in [-0.3, -0.25) is 4.79 Å². The first-order chi connectivity index (χ1) is 12.8. The summed E-state index contributed by atoms with van der Waals surface area (Å²) in [6.07, 6.45) is 5.36. The second-order valence-electron chi connectivity index (χ2n) is 7.18. The lowest BCUT2D eigenvalue weighted by Crippen LogP contribution is -2.31. The predicted octanol–water partition coefficient (Wildman–Crippen LogP) is 5.24. The smallest absolute Gasteiger partial charge is 0.323 e. The summed E-state index contributed by atoms with van der Waals surface area (Å²) in [5, 5.41) is 2.24. The van der Waals surface area contributed by atoms with Crippen LogP contribution in [0.25, 0.3) is 10.8 Å². The number of hydrogen-bond donors (Lipinski definition) is 0. The number of fused-ring (bicyclic) bond motifs is 2. The van der Waals surface area contributed by atoms with Gasteiger partial charge in [0.25, 0.3) is 0 Å². The van der Waals surface area contributed by atoms with Crippen LogP contribution in [0.3, 0.4) is 0 Å². The molecule has 2 aliphatic carbocycles. The minimum atomic E-state index is -0.294. The molecule has 0 bridgehead atoms. The highest BCUT2D eigenvalue weighted by Crippen LogP contribution is 2.55. The van der Waals surface area contributed by atoms with Gasteiger partial charge in [0.05, 0.1) is 0 Å². The third kappa shape index (κ3) is 1.69. The second-order valence-corrected chi connectivity index (χ2v) is 7.18. The van der Waals surface area contributed by atoms with Crippen LogP contribution < -0.4 is 4.74 Å². The number of benzene rings is 3. The molecule has 0 fully saturated rings. The van der Waals surface area contributed by atoms with Crippen molar-refractivity contribution in [2.75, 3.05) is 0 Å². The van der Waals surface area contributed by atoms with E-state index in [-0.39, 0.29) is 17.8 Å². The van der Waals surface area contributed by atoms with Gasteiger partial charge in [0.1, 0.15) is 11.7 Å². The first-order valence-electron chi connectivity index (χ1n) is 9.05. The normalized spacial score (nSPS) is 22.5. The molecular formula is C24H16O2. The molecule has 2 atom stereocenters. The SMILES string of the molecule is O=C1Oc2cccc3ccc4c(c23)C1C1=CCC=C1C4c1ccccc1. The van der Waals surface area contributed by atoms with E-state index in [0.717, 1.165) is 28.3 Å². The lowest BCUT2D eigenvalue weighted by atomic mass is 9.67. The molecule has 1 heterocycles. The number of allylic oxidation sites excluding steroid dienone is 3. The van der Waals surface area contributed by atoms with Crippen LogP contribution in [0.4, 0.5) is 0 Å². The molecule has 124 valence electrons. The molecular weight excluding hydrogens is 320 g/mol. The van der Waals surface area contributed by atoms with Crippen molar-refractivity contribution in [1.29, 1.82) is 0 Å². The summed E-state index contributed by atoms with van der Waals surface area (Å²) in [7, 11) is 0. The van der Waals surface area contributed by atoms with E-state index < -0.39 is 0 Å². The Bertz CT molecular complexity index is 1150. The van der Waals surface area contributed by atoms with E-state index in [0.29, 0.717) is 5.75 Å². The summed E-state index contributed by atoms with van der Waals surface area (Å²) in [6.45, 7) is 0. The van der Waals surface area contributed by atoms with E-state index in [9.17, 15) is 4.79 Å². The van der Waals surface area contributed by atoms with Crippen molar-refractivity contribution < 1.29 is 9.53 Å². The number of rotatable bonds is 1. The molecule has 0 amide bonds. The summed E-state index contributed by atoms with van der Waals surface area (Å²) in [5.74, 6) is 0.429. The molecule has 0 saturated carbocycles. The first-order valence-corrected chi connectivity index (χ1v) is 9.05. The Balaban J connectivity index is 1.76. The number of hydrogen-bond acceptors (Lipinski definition) is 2. The van der Waals surface area contributed by atoms with Crippen LogP contribution in [0.1, 0.15) is 34.9 Å². The fraction of sp³-hybridized carbons (Fsp3) is 0.125. The Labute approximate surface area is 151 Å². The summed E-state index contributed by atoms with van der Waals surface area (Å²) < 4.78 is 5.74. The van der Waals surface area contributed by atoms with E-state index in [1.165, 1.54) is 16.7 Å². The molecule has 0 spiro atoms. The Hall–Kier alpha value is -3.13. The van der Waals surface area contributed by atoms with Crippen LogP contribution in [0.5, 0.6) is 5.75 Å². The highest BCUT2D eigenvalue weighted by Gasteiger charge is 2.44. The molecule has 0 radical (unpaired) electrons. The fourth-order valence-corrected chi connectivity index (χ4v) is 4.89. The number of carbonyl (C=O) groups is 1. The number of esters is 1. The van der Waals surface area contributed by atoms with Crippen molar-refractivity contribution in [2.45, 2.75) is 18.3 Å². The minimum Gasteiger partial charge on any atom is -0.425 e. The van der Waals surface area contributed by atoms with E-state index in [1.807, 2.05) is 12.1 Å². The number of ether oxygens (including phenoxy) is 1. The van der Waals surface area contributed by atoms with Crippen LogP contribution in [0, 0.1) is 0 Å². The van der Waals surface area contributed by atoms with Crippen LogP contribution in [-0.4, -0.2) is 5.97 Å². The van der Waals surface area contributed by atoms with Gasteiger partial charge in [-0.15, -0.1) is 0 Å². The van der Waals surface area contributed by atoms with Gasteiger partial charge in [0.15, 0.2) is 0 Å². The van der Waals surface area contributed by atoms with E-state index >= 15 is 0 Å². The third-order valence-corrected chi connectivity index (χ3v) is 5.89. The highest BCUT2D eigenvalue weighted by molar-refractivity contribution is 6.04. The lowest BCUT2D eigenvalue weighted by Gasteiger charge is -2.37. The van der Waals surface area contributed by atoms with Crippen LogP contribution in [-0.2, 0) is 4.79 Å². The van der Waals surface area contributed by atoms with E-state index in [4.69, 9.17) is 4.74 Å². The predicted molar refractivity (Wildman–Crippen MR) is 101 cm³/mol. The molecule has 26 heavy (non-hydrogen) atoms. The van der Waals surface area contributed by atoms with Gasteiger partial charge in [-0.2, -0.15) is 0 Å². The monoisotopic (exact) mass is 336 g/mol. The van der Waals surface area contributed by atoms with Crippen molar-refractivity contribution in [1.82, 2.24) is 0 Å². The summed E-state index contributed by atoms with van der Waals surface area (Å²) in [5.41, 5.74) is 6.07. The summed E-state index contributed by atoms with van der Waals surface area (Å²) in [4.78, 5) is 12.9. The molecule has 3 aliphatic rings. The van der Waals surface area contributed by atoms with Gasteiger partial charge in [0, 0.05) is 11.3 Å². The minimum absolute atomic E-state index is 0.150. The Morgan fingerprint density at radius 2 is 1.62 bits per heavy atom. The maximum Gasteiger partial charge on any atom is 0.323 e. The van der Waals surface area contributed by atoms with Crippen LogP contribution in [0.2, 0.25) is 0 Å². The van der Waals surface area contributed by atoms with Gasteiger partial charge in [0.2, 0.25) is 0 Å². The molecule has 3 aromatic carbocycles. The van der Waals surface area contributed by atoms with Gasteiger partial charge in [-0.05, 0) is 45.7 Å². The van der Waals surface area contributed by atoms with Crippen molar-refractivity contribution in [3.05, 3.63) is 101 Å².